The van der Waals surface area contributed by atoms with E-state index in [1.54, 1.807) is 18.4 Å². The SMILES string of the molecule is O=C(c1ccco1)N1CCC2OCCCC2(COCC2CC2)C1. The van der Waals surface area contributed by atoms with Gasteiger partial charge in [0.05, 0.1) is 19.0 Å². The van der Waals surface area contributed by atoms with E-state index in [-0.39, 0.29) is 17.4 Å². The first kappa shape index (κ1) is 15.2. The third-order valence-corrected chi connectivity index (χ3v) is 5.45. The Bertz CT molecular complexity index is 539. The molecule has 3 heterocycles. The standard InChI is InChI=1S/C18H25NO4/c20-17(15-3-1-9-22-15)19-8-6-16-18(12-19,7-2-10-23-16)13-21-11-14-4-5-14/h1,3,9,14,16H,2,4-8,10-13H2. The molecule has 2 aliphatic heterocycles. The first-order valence-corrected chi connectivity index (χ1v) is 8.79. The Morgan fingerprint density at radius 1 is 1.39 bits per heavy atom. The highest BCUT2D eigenvalue weighted by atomic mass is 16.5. The predicted molar refractivity (Wildman–Crippen MR) is 84.2 cm³/mol. The van der Waals surface area contributed by atoms with Crippen molar-refractivity contribution < 1.29 is 18.7 Å². The van der Waals surface area contributed by atoms with Crippen molar-refractivity contribution >= 4 is 5.91 Å². The van der Waals surface area contributed by atoms with Gasteiger partial charge in [0.15, 0.2) is 5.76 Å². The highest BCUT2D eigenvalue weighted by molar-refractivity contribution is 5.91. The molecule has 1 aromatic heterocycles. The van der Waals surface area contributed by atoms with Crippen molar-refractivity contribution in [2.75, 3.05) is 32.9 Å². The summed E-state index contributed by atoms with van der Waals surface area (Å²) in [5.74, 6) is 1.17. The molecule has 126 valence electrons. The molecule has 3 fully saturated rings. The lowest BCUT2D eigenvalue weighted by Gasteiger charge is -2.50. The third kappa shape index (κ3) is 3.17. The van der Waals surface area contributed by atoms with E-state index >= 15 is 0 Å². The summed E-state index contributed by atoms with van der Waals surface area (Å²) in [6.45, 7) is 3.84. The number of carbonyl (C=O) groups is 1. The molecule has 3 aliphatic rings. The maximum atomic E-state index is 12.6. The molecule has 5 heteroatoms. The van der Waals surface area contributed by atoms with E-state index in [4.69, 9.17) is 13.9 Å². The molecule has 1 amide bonds. The van der Waals surface area contributed by atoms with Gasteiger partial charge in [-0.2, -0.15) is 0 Å². The van der Waals surface area contributed by atoms with Crippen molar-refractivity contribution in [3.05, 3.63) is 24.2 Å². The fraction of sp³-hybridized carbons (Fsp3) is 0.722. The number of ether oxygens (including phenoxy) is 2. The maximum absolute atomic E-state index is 12.6. The van der Waals surface area contributed by atoms with Crippen LogP contribution in [0.4, 0.5) is 0 Å². The number of furan rings is 1. The minimum Gasteiger partial charge on any atom is -0.459 e. The molecular weight excluding hydrogens is 294 g/mol. The average Bonchev–Trinajstić information content (AvgIpc) is 3.24. The molecule has 5 nitrogen and oxygen atoms in total. The van der Waals surface area contributed by atoms with Crippen LogP contribution in [0.5, 0.6) is 0 Å². The normalized spacial score (nSPS) is 31.0. The summed E-state index contributed by atoms with van der Waals surface area (Å²) >= 11 is 0. The predicted octanol–water partition coefficient (Wildman–Crippen LogP) is 2.72. The molecule has 23 heavy (non-hydrogen) atoms. The smallest absolute Gasteiger partial charge is 0.289 e. The van der Waals surface area contributed by atoms with Crippen LogP contribution in [0.2, 0.25) is 0 Å². The fourth-order valence-corrected chi connectivity index (χ4v) is 3.94. The largest absolute Gasteiger partial charge is 0.459 e. The van der Waals surface area contributed by atoms with Crippen molar-refractivity contribution in [3.63, 3.8) is 0 Å². The second-order valence-corrected chi connectivity index (χ2v) is 7.28. The number of fused-ring (bicyclic) bond motifs is 1. The van der Waals surface area contributed by atoms with Crippen LogP contribution >= 0.6 is 0 Å². The number of hydrogen-bond donors (Lipinski definition) is 0. The highest BCUT2D eigenvalue weighted by Crippen LogP contribution is 2.41. The van der Waals surface area contributed by atoms with Gasteiger partial charge in [-0.25, -0.2) is 0 Å². The topological polar surface area (TPSA) is 51.9 Å². The second-order valence-electron chi connectivity index (χ2n) is 7.28. The Morgan fingerprint density at radius 3 is 3.09 bits per heavy atom. The summed E-state index contributed by atoms with van der Waals surface area (Å²) in [4.78, 5) is 14.5. The lowest BCUT2D eigenvalue weighted by molar-refractivity contribution is -0.147. The van der Waals surface area contributed by atoms with Gasteiger partial charge in [0.1, 0.15) is 0 Å². The number of nitrogens with zero attached hydrogens (tertiary/aromatic N) is 1. The van der Waals surface area contributed by atoms with Crippen molar-refractivity contribution in [2.45, 2.75) is 38.2 Å². The van der Waals surface area contributed by atoms with E-state index in [0.29, 0.717) is 18.9 Å². The minimum atomic E-state index is -0.0480. The third-order valence-electron chi connectivity index (χ3n) is 5.45. The minimum absolute atomic E-state index is 0.0133. The summed E-state index contributed by atoms with van der Waals surface area (Å²) in [5.41, 5.74) is -0.0480. The van der Waals surface area contributed by atoms with E-state index in [0.717, 1.165) is 44.9 Å². The van der Waals surface area contributed by atoms with Gasteiger partial charge >= 0.3 is 0 Å². The zero-order valence-corrected chi connectivity index (χ0v) is 13.5. The van der Waals surface area contributed by atoms with Crippen LogP contribution in [-0.2, 0) is 9.47 Å². The van der Waals surface area contributed by atoms with Crippen molar-refractivity contribution in [3.8, 4) is 0 Å². The molecule has 2 saturated heterocycles. The first-order chi connectivity index (χ1) is 11.3. The van der Waals surface area contributed by atoms with E-state index in [1.807, 2.05) is 4.90 Å². The lowest BCUT2D eigenvalue weighted by atomic mass is 9.73. The number of likely N-dealkylation sites (tertiary alicyclic amines) is 1. The zero-order chi connectivity index (χ0) is 15.7. The van der Waals surface area contributed by atoms with E-state index in [2.05, 4.69) is 0 Å². The second kappa shape index (κ2) is 6.29. The Kier molecular flexibility index (Phi) is 4.16. The van der Waals surface area contributed by atoms with Gasteiger partial charge in [-0.05, 0) is 50.2 Å². The molecule has 4 rings (SSSR count). The molecule has 1 saturated carbocycles. The molecule has 2 atom stereocenters. The van der Waals surface area contributed by atoms with Crippen LogP contribution < -0.4 is 0 Å². The van der Waals surface area contributed by atoms with Crippen LogP contribution in [0.1, 0.15) is 42.7 Å². The monoisotopic (exact) mass is 319 g/mol. The molecule has 0 bridgehead atoms. The van der Waals surface area contributed by atoms with Gasteiger partial charge < -0.3 is 18.8 Å². The number of hydrogen-bond acceptors (Lipinski definition) is 4. The average molecular weight is 319 g/mol. The molecule has 1 aliphatic carbocycles. The van der Waals surface area contributed by atoms with Gasteiger partial charge in [-0.15, -0.1) is 0 Å². The number of piperidine rings is 1. The number of rotatable bonds is 5. The Balaban J connectivity index is 1.46. The van der Waals surface area contributed by atoms with Gasteiger partial charge in [-0.3, -0.25) is 4.79 Å². The summed E-state index contributed by atoms with van der Waals surface area (Å²) in [6, 6.07) is 3.50. The van der Waals surface area contributed by atoms with Crippen LogP contribution in [0, 0.1) is 11.3 Å². The van der Waals surface area contributed by atoms with Gasteiger partial charge in [0.25, 0.3) is 5.91 Å². The van der Waals surface area contributed by atoms with E-state index < -0.39 is 0 Å². The summed E-state index contributed by atoms with van der Waals surface area (Å²) < 4.78 is 17.4. The van der Waals surface area contributed by atoms with Crippen LogP contribution in [-0.4, -0.2) is 49.8 Å². The van der Waals surface area contributed by atoms with Gasteiger partial charge in [0, 0.05) is 31.7 Å². The van der Waals surface area contributed by atoms with Crippen LogP contribution in [0.25, 0.3) is 0 Å². The van der Waals surface area contributed by atoms with Gasteiger partial charge in [-0.1, -0.05) is 0 Å². The lowest BCUT2D eigenvalue weighted by Crippen LogP contribution is -2.58. The van der Waals surface area contributed by atoms with Gasteiger partial charge in [0.2, 0.25) is 0 Å². The van der Waals surface area contributed by atoms with Crippen molar-refractivity contribution in [1.82, 2.24) is 4.90 Å². The van der Waals surface area contributed by atoms with Crippen LogP contribution in [0.3, 0.4) is 0 Å². The maximum Gasteiger partial charge on any atom is 0.289 e. The molecule has 0 spiro atoms. The Hall–Kier alpha value is -1.33. The number of carbonyl (C=O) groups excluding carboxylic acids is 1. The van der Waals surface area contributed by atoms with Crippen molar-refractivity contribution in [2.24, 2.45) is 11.3 Å². The van der Waals surface area contributed by atoms with E-state index in [9.17, 15) is 4.79 Å². The molecule has 1 aromatic rings. The van der Waals surface area contributed by atoms with Crippen LogP contribution in [0.15, 0.2) is 22.8 Å². The molecular formula is C18H25NO4. The first-order valence-electron chi connectivity index (χ1n) is 8.79. The summed E-state index contributed by atoms with van der Waals surface area (Å²) in [7, 11) is 0. The zero-order valence-electron chi connectivity index (χ0n) is 13.5. The van der Waals surface area contributed by atoms with E-state index in [1.165, 1.54) is 12.8 Å². The molecule has 0 aromatic carbocycles. The molecule has 2 unspecified atom stereocenters. The summed E-state index contributed by atoms with van der Waals surface area (Å²) in [6.07, 6.45) is 7.39. The number of amides is 1. The molecule has 0 radical (unpaired) electrons. The van der Waals surface area contributed by atoms with Crippen molar-refractivity contribution in [1.29, 1.82) is 0 Å². The highest BCUT2D eigenvalue weighted by Gasteiger charge is 2.47. The molecule has 0 N–H and O–H groups in total. The Labute approximate surface area is 136 Å². The summed E-state index contributed by atoms with van der Waals surface area (Å²) in [5, 5.41) is 0. The Morgan fingerprint density at radius 2 is 2.30 bits per heavy atom. The fourth-order valence-electron chi connectivity index (χ4n) is 3.94. The quantitative estimate of drug-likeness (QED) is 0.837.